The molecule has 0 spiro atoms. The summed E-state index contributed by atoms with van der Waals surface area (Å²) in [5.74, 6) is -1.64. The van der Waals surface area contributed by atoms with Crippen LogP contribution in [0.2, 0.25) is 0 Å². The molecule has 1 atom stereocenters. The number of fused-ring (bicyclic) bond motifs is 1. The topological polar surface area (TPSA) is 108 Å². The number of H-pyrrole nitrogens is 1. The number of carbonyl (C=O) groups excluding carboxylic acids is 1. The van der Waals surface area contributed by atoms with E-state index in [-0.39, 0.29) is 24.4 Å². The third kappa shape index (κ3) is 2.84. The molecule has 1 fully saturated rings. The van der Waals surface area contributed by atoms with Gasteiger partial charge in [0, 0.05) is 36.6 Å². The molecule has 0 unspecified atom stereocenters. The van der Waals surface area contributed by atoms with Gasteiger partial charge in [-0.25, -0.2) is 9.50 Å². The normalized spacial score (nSPS) is 18.3. The van der Waals surface area contributed by atoms with Gasteiger partial charge in [-0.1, -0.05) is 0 Å². The highest BCUT2D eigenvalue weighted by Crippen LogP contribution is 2.17. The maximum absolute atomic E-state index is 12.5. The number of carbonyl (C=O) groups is 2. The zero-order chi connectivity index (χ0) is 16.6. The fourth-order valence-electron chi connectivity index (χ4n) is 2.98. The SMILES string of the molecule is Cc1nc2cc[nH]n2c(=O)c1CC(=O)N1CCC[C@H](C(=O)O)C1. The molecule has 3 rings (SSSR count). The number of aromatic amines is 1. The van der Waals surface area contributed by atoms with Crippen molar-refractivity contribution in [2.45, 2.75) is 26.2 Å². The number of likely N-dealkylation sites (tertiary alicyclic amines) is 1. The van der Waals surface area contributed by atoms with Gasteiger partial charge in [-0.15, -0.1) is 0 Å². The molecule has 0 saturated carbocycles. The van der Waals surface area contributed by atoms with Crippen LogP contribution in [0.5, 0.6) is 0 Å². The van der Waals surface area contributed by atoms with Crippen molar-refractivity contribution in [2.75, 3.05) is 13.1 Å². The van der Waals surface area contributed by atoms with Crippen molar-refractivity contribution in [3.63, 3.8) is 0 Å². The summed E-state index contributed by atoms with van der Waals surface area (Å²) in [6.45, 7) is 2.43. The molecule has 1 aliphatic rings. The number of carboxylic acids is 1. The van der Waals surface area contributed by atoms with Gasteiger partial charge in [0.1, 0.15) is 0 Å². The number of rotatable bonds is 3. The van der Waals surface area contributed by atoms with E-state index in [9.17, 15) is 14.4 Å². The number of amides is 1. The van der Waals surface area contributed by atoms with Crippen LogP contribution in [0.3, 0.4) is 0 Å². The molecule has 122 valence electrons. The van der Waals surface area contributed by atoms with Crippen molar-refractivity contribution in [3.8, 4) is 0 Å². The Bertz CT molecular complexity index is 822. The van der Waals surface area contributed by atoms with Crippen LogP contribution in [-0.2, 0) is 16.0 Å². The lowest BCUT2D eigenvalue weighted by molar-refractivity contribution is -0.145. The van der Waals surface area contributed by atoms with Crippen molar-refractivity contribution in [1.29, 1.82) is 0 Å². The summed E-state index contributed by atoms with van der Waals surface area (Å²) in [4.78, 5) is 41.8. The van der Waals surface area contributed by atoms with Crippen LogP contribution >= 0.6 is 0 Å². The Kier molecular flexibility index (Phi) is 3.89. The summed E-state index contributed by atoms with van der Waals surface area (Å²) >= 11 is 0. The van der Waals surface area contributed by atoms with E-state index in [1.54, 1.807) is 19.2 Å². The summed E-state index contributed by atoms with van der Waals surface area (Å²) < 4.78 is 1.30. The van der Waals surface area contributed by atoms with Crippen LogP contribution < -0.4 is 5.56 Å². The molecule has 1 amide bonds. The zero-order valence-electron chi connectivity index (χ0n) is 12.8. The molecule has 8 nitrogen and oxygen atoms in total. The number of aryl methyl sites for hydroxylation is 1. The molecular weight excluding hydrogens is 300 g/mol. The van der Waals surface area contributed by atoms with Gasteiger partial charge in [0.2, 0.25) is 5.91 Å². The number of aliphatic carboxylic acids is 1. The zero-order valence-corrected chi connectivity index (χ0v) is 12.8. The molecule has 0 radical (unpaired) electrons. The van der Waals surface area contributed by atoms with Gasteiger partial charge in [-0.05, 0) is 19.8 Å². The minimum Gasteiger partial charge on any atom is -0.481 e. The summed E-state index contributed by atoms with van der Waals surface area (Å²) in [5.41, 5.74) is 1.08. The molecule has 2 N–H and O–H groups in total. The second-order valence-electron chi connectivity index (χ2n) is 5.83. The minimum absolute atomic E-state index is 0.0635. The number of hydrogen-bond donors (Lipinski definition) is 2. The van der Waals surface area contributed by atoms with Gasteiger partial charge in [-0.2, -0.15) is 0 Å². The van der Waals surface area contributed by atoms with Crippen LogP contribution in [0.1, 0.15) is 24.1 Å². The smallest absolute Gasteiger partial charge is 0.308 e. The molecule has 1 saturated heterocycles. The molecule has 1 aliphatic heterocycles. The Morgan fingerprint density at radius 3 is 3.00 bits per heavy atom. The lowest BCUT2D eigenvalue weighted by Crippen LogP contribution is -2.43. The fraction of sp³-hybridized carbons (Fsp3) is 0.467. The first-order valence-electron chi connectivity index (χ1n) is 7.53. The summed E-state index contributed by atoms with van der Waals surface area (Å²) in [6, 6.07) is 1.68. The highest BCUT2D eigenvalue weighted by Gasteiger charge is 2.28. The fourth-order valence-corrected chi connectivity index (χ4v) is 2.98. The molecule has 23 heavy (non-hydrogen) atoms. The largest absolute Gasteiger partial charge is 0.481 e. The number of aromatic nitrogens is 3. The van der Waals surface area contributed by atoms with Crippen LogP contribution in [-0.4, -0.2) is 49.6 Å². The van der Waals surface area contributed by atoms with Crippen LogP contribution in [0.4, 0.5) is 0 Å². The van der Waals surface area contributed by atoms with Crippen molar-refractivity contribution in [2.24, 2.45) is 5.92 Å². The predicted octanol–water partition coefficient (Wildman–Crippen LogP) is 0.197. The monoisotopic (exact) mass is 318 g/mol. The van der Waals surface area contributed by atoms with Gasteiger partial charge in [-0.3, -0.25) is 19.5 Å². The maximum Gasteiger partial charge on any atom is 0.308 e. The molecule has 2 aromatic heterocycles. The van der Waals surface area contributed by atoms with Crippen LogP contribution in [0.25, 0.3) is 5.65 Å². The first-order valence-corrected chi connectivity index (χ1v) is 7.53. The lowest BCUT2D eigenvalue weighted by atomic mass is 9.97. The second kappa shape index (κ2) is 5.86. The summed E-state index contributed by atoms with van der Waals surface area (Å²) in [5, 5.41) is 11.9. The maximum atomic E-state index is 12.5. The third-order valence-electron chi connectivity index (χ3n) is 4.30. The molecule has 2 aromatic rings. The van der Waals surface area contributed by atoms with E-state index in [0.29, 0.717) is 36.3 Å². The average Bonchev–Trinajstić information content (AvgIpc) is 2.99. The average molecular weight is 318 g/mol. The van der Waals surface area contributed by atoms with E-state index in [4.69, 9.17) is 5.11 Å². The van der Waals surface area contributed by atoms with Crippen LogP contribution in [0, 0.1) is 12.8 Å². The first-order chi connectivity index (χ1) is 11.0. The second-order valence-corrected chi connectivity index (χ2v) is 5.83. The Morgan fingerprint density at radius 1 is 1.48 bits per heavy atom. The summed E-state index contributed by atoms with van der Waals surface area (Å²) in [7, 11) is 0. The molecule has 0 aliphatic carbocycles. The van der Waals surface area contributed by atoms with Crippen LogP contribution in [0.15, 0.2) is 17.1 Å². The van der Waals surface area contributed by atoms with Gasteiger partial charge >= 0.3 is 5.97 Å². The number of nitrogens with zero attached hydrogens (tertiary/aromatic N) is 3. The molecule has 0 aromatic carbocycles. The Balaban J connectivity index is 1.83. The van der Waals surface area contributed by atoms with E-state index >= 15 is 0 Å². The number of hydrogen-bond acceptors (Lipinski definition) is 4. The number of nitrogens with one attached hydrogen (secondary N) is 1. The minimum atomic E-state index is -0.881. The molecular formula is C15H18N4O4. The molecule has 8 heteroatoms. The Labute approximate surface area is 131 Å². The Hall–Kier alpha value is -2.64. The van der Waals surface area contributed by atoms with Crippen molar-refractivity contribution >= 4 is 17.5 Å². The Morgan fingerprint density at radius 2 is 2.26 bits per heavy atom. The van der Waals surface area contributed by atoms with Gasteiger partial charge in [0.15, 0.2) is 5.65 Å². The highest BCUT2D eigenvalue weighted by molar-refractivity contribution is 5.80. The van der Waals surface area contributed by atoms with Crippen molar-refractivity contribution < 1.29 is 14.7 Å². The third-order valence-corrected chi connectivity index (χ3v) is 4.30. The lowest BCUT2D eigenvalue weighted by Gasteiger charge is -2.30. The van der Waals surface area contributed by atoms with Crippen molar-refractivity contribution in [1.82, 2.24) is 19.5 Å². The van der Waals surface area contributed by atoms with Gasteiger partial charge in [0.25, 0.3) is 5.56 Å². The van der Waals surface area contributed by atoms with E-state index in [0.717, 1.165) is 0 Å². The highest BCUT2D eigenvalue weighted by atomic mass is 16.4. The molecule has 0 bridgehead atoms. The van der Waals surface area contributed by atoms with E-state index < -0.39 is 11.9 Å². The van der Waals surface area contributed by atoms with Crippen molar-refractivity contribution in [3.05, 3.63) is 33.9 Å². The van der Waals surface area contributed by atoms with E-state index in [1.807, 2.05) is 0 Å². The van der Waals surface area contributed by atoms with E-state index in [1.165, 1.54) is 9.42 Å². The first kappa shape index (κ1) is 15.3. The van der Waals surface area contributed by atoms with Gasteiger partial charge in [0.05, 0.1) is 12.3 Å². The number of piperidine rings is 1. The predicted molar refractivity (Wildman–Crippen MR) is 81.2 cm³/mol. The summed E-state index contributed by atoms with van der Waals surface area (Å²) in [6.07, 6.45) is 2.79. The quantitative estimate of drug-likeness (QED) is 0.840. The van der Waals surface area contributed by atoms with Gasteiger partial charge < -0.3 is 10.0 Å². The molecule has 3 heterocycles. The van der Waals surface area contributed by atoms with E-state index in [2.05, 4.69) is 10.1 Å². The number of carboxylic acid groups (broad SMARTS) is 1. The standard InChI is InChI=1S/C15H18N4O4/c1-9-11(14(21)19-12(17-9)4-5-16-19)7-13(20)18-6-2-3-10(8-18)15(22)23/h4-5,10,16H,2-3,6-8H2,1H3,(H,22,23)/t10-/m0/s1.